The lowest BCUT2D eigenvalue weighted by Crippen LogP contribution is -2.07. The molecule has 2 N–H and O–H groups in total. The van der Waals surface area contributed by atoms with E-state index in [2.05, 4.69) is 46.8 Å². The number of nitrogens with zero attached hydrogens (tertiary/aromatic N) is 2. The molecule has 1 aromatic heterocycles. The summed E-state index contributed by atoms with van der Waals surface area (Å²) in [7, 11) is 0. The molecule has 0 bridgehead atoms. The summed E-state index contributed by atoms with van der Waals surface area (Å²) in [6, 6.07) is 5.57. The predicted octanol–water partition coefficient (Wildman–Crippen LogP) is 4.11. The third-order valence-electron chi connectivity index (χ3n) is 2.35. The number of halogens is 1. The van der Waals surface area contributed by atoms with E-state index in [4.69, 9.17) is 10.3 Å². The summed E-state index contributed by atoms with van der Waals surface area (Å²) >= 11 is 5.18. The first-order valence-electron chi connectivity index (χ1n) is 5.87. The van der Waals surface area contributed by atoms with Crippen LogP contribution in [0.4, 0.5) is 5.69 Å². The van der Waals surface area contributed by atoms with Gasteiger partial charge >= 0.3 is 0 Å². The second-order valence-corrected chi connectivity index (χ2v) is 7.87. The number of thioether (sulfide) groups is 1. The largest absolute Gasteiger partial charge is 0.398 e. The molecule has 0 aliphatic rings. The minimum Gasteiger partial charge on any atom is -0.398 e. The number of rotatable bonds is 3. The fourth-order valence-electron chi connectivity index (χ4n) is 1.42. The lowest BCUT2D eigenvalue weighted by molar-refractivity contribution is 0.425. The van der Waals surface area contributed by atoms with Crippen molar-refractivity contribution in [2.24, 2.45) is 0 Å². The number of nitrogen functional groups attached to an aromatic ring is 1. The summed E-state index contributed by atoms with van der Waals surface area (Å²) in [5, 5.41) is 3.99. The van der Waals surface area contributed by atoms with Gasteiger partial charge in [-0.15, -0.1) is 11.8 Å². The fourth-order valence-corrected chi connectivity index (χ4v) is 2.46. The van der Waals surface area contributed by atoms with E-state index in [0.29, 0.717) is 17.4 Å². The molecule has 19 heavy (non-hydrogen) atoms. The van der Waals surface area contributed by atoms with Crippen molar-refractivity contribution in [2.75, 3.05) is 5.73 Å². The normalized spacial score (nSPS) is 11.8. The average molecular weight is 342 g/mol. The van der Waals surface area contributed by atoms with Gasteiger partial charge in [0, 0.05) is 14.9 Å². The smallest absolute Gasteiger partial charge is 0.260 e. The molecule has 1 aromatic carbocycles. The van der Waals surface area contributed by atoms with Crippen LogP contribution in [0.5, 0.6) is 0 Å². The van der Waals surface area contributed by atoms with Gasteiger partial charge in [-0.3, -0.25) is 0 Å². The van der Waals surface area contributed by atoms with Crippen molar-refractivity contribution in [3.8, 4) is 11.5 Å². The predicted molar refractivity (Wildman–Crippen MR) is 82.9 cm³/mol. The Morgan fingerprint density at radius 2 is 2.11 bits per heavy atom. The summed E-state index contributed by atoms with van der Waals surface area (Å²) < 4.78 is 6.38. The molecule has 0 spiro atoms. The summed E-state index contributed by atoms with van der Waals surface area (Å²) in [4.78, 5) is 4.39. The first kappa shape index (κ1) is 14.4. The molecule has 0 atom stereocenters. The Bertz CT molecular complexity index is 578. The van der Waals surface area contributed by atoms with Gasteiger partial charge in [-0.2, -0.15) is 4.98 Å². The molecule has 2 aromatic rings. The van der Waals surface area contributed by atoms with Gasteiger partial charge in [-0.1, -0.05) is 41.9 Å². The van der Waals surface area contributed by atoms with Gasteiger partial charge in [0.05, 0.1) is 11.3 Å². The van der Waals surface area contributed by atoms with Gasteiger partial charge in [0.1, 0.15) is 0 Å². The highest BCUT2D eigenvalue weighted by atomic mass is 79.9. The van der Waals surface area contributed by atoms with Crippen LogP contribution in [0.3, 0.4) is 0 Å². The third-order valence-corrected chi connectivity index (χ3v) is 4.11. The van der Waals surface area contributed by atoms with Crippen molar-refractivity contribution >= 4 is 33.4 Å². The van der Waals surface area contributed by atoms with Gasteiger partial charge in [-0.05, 0) is 18.2 Å². The second kappa shape index (κ2) is 5.54. The third kappa shape index (κ3) is 3.98. The number of benzene rings is 1. The lowest BCUT2D eigenvalue weighted by atomic mass is 10.2. The van der Waals surface area contributed by atoms with E-state index in [0.717, 1.165) is 15.8 Å². The Balaban J connectivity index is 2.19. The van der Waals surface area contributed by atoms with Crippen LogP contribution in [-0.4, -0.2) is 14.9 Å². The van der Waals surface area contributed by atoms with E-state index in [9.17, 15) is 0 Å². The molecule has 0 amide bonds. The zero-order valence-corrected chi connectivity index (χ0v) is 13.5. The topological polar surface area (TPSA) is 64.9 Å². The summed E-state index contributed by atoms with van der Waals surface area (Å²) in [6.45, 7) is 6.47. The van der Waals surface area contributed by atoms with Gasteiger partial charge in [0.25, 0.3) is 5.89 Å². The van der Waals surface area contributed by atoms with Crippen LogP contribution in [0.1, 0.15) is 26.6 Å². The number of anilines is 1. The molecule has 102 valence electrons. The maximum absolute atomic E-state index is 5.92. The highest BCUT2D eigenvalue weighted by Crippen LogP contribution is 2.30. The number of hydrogen-bond acceptors (Lipinski definition) is 5. The molecule has 0 unspecified atom stereocenters. The first-order valence-corrected chi connectivity index (χ1v) is 7.65. The summed E-state index contributed by atoms with van der Waals surface area (Å²) in [6.07, 6.45) is 0. The maximum atomic E-state index is 5.92. The van der Waals surface area contributed by atoms with E-state index >= 15 is 0 Å². The Labute approximate surface area is 125 Å². The van der Waals surface area contributed by atoms with Crippen molar-refractivity contribution in [3.63, 3.8) is 0 Å². The fraction of sp³-hybridized carbons (Fsp3) is 0.385. The lowest BCUT2D eigenvalue weighted by Gasteiger charge is -2.15. The van der Waals surface area contributed by atoms with Gasteiger partial charge in [0.2, 0.25) is 0 Å². The molecule has 6 heteroatoms. The molecule has 0 aliphatic carbocycles. The minimum absolute atomic E-state index is 0.176. The number of nitrogens with two attached hydrogens (primary N) is 1. The van der Waals surface area contributed by atoms with E-state index in [1.165, 1.54) is 0 Å². The molecule has 0 radical (unpaired) electrons. The Morgan fingerprint density at radius 3 is 2.79 bits per heavy atom. The van der Waals surface area contributed by atoms with Crippen LogP contribution in [0.25, 0.3) is 11.5 Å². The standard InChI is InChI=1S/C13H16BrN3OS/c1-13(2,3)19-7-11-16-12(18-17-11)9-6-8(14)4-5-10(9)15/h4-6H,7,15H2,1-3H3. The van der Waals surface area contributed by atoms with E-state index < -0.39 is 0 Å². The summed E-state index contributed by atoms with van der Waals surface area (Å²) in [5.41, 5.74) is 7.31. The van der Waals surface area contributed by atoms with Crippen LogP contribution in [0, 0.1) is 0 Å². The highest BCUT2D eigenvalue weighted by molar-refractivity contribution is 9.10. The SMILES string of the molecule is CC(C)(C)SCc1noc(-c2cc(Br)ccc2N)n1. The average Bonchev–Trinajstić information content (AvgIpc) is 2.77. The monoisotopic (exact) mass is 341 g/mol. The minimum atomic E-state index is 0.176. The van der Waals surface area contributed by atoms with Crippen molar-refractivity contribution in [3.05, 3.63) is 28.5 Å². The molecule has 0 saturated heterocycles. The maximum Gasteiger partial charge on any atom is 0.260 e. The number of aromatic nitrogens is 2. The Morgan fingerprint density at radius 1 is 1.37 bits per heavy atom. The molecule has 1 heterocycles. The summed E-state index contributed by atoms with van der Waals surface area (Å²) in [5.74, 6) is 1.87. The van der Waals surface area contributed by atoms with Gasteiger partial charge in [-0.25, -0.2) is 0 Å². The van der Waals surface area contributed by atoms with Crippen molar-refractivity contribution in [1.29, 1.82) is 0 Å². The van der Waals surface area contributed by atoms with Crippen molar-refractivity contribution in [1.82, 2.24) is 10.1 Å². The van der Waals surface area contributed by atoms with Crippen LogP contribution in [-0.2, 0) is 5.75 Å². The first-order chi connectivity index (χ1) is 8.85. The molecular weight excluding hydrogens is 326 g/mol. The molecule has 4 nitrogen and oxygen atoms in total. The quantitative estimate of drug-likeness (QED) is 0.851. The van der Waals surface area contributed by atoms with Crippen molar-refractivity contribution < 1.29 is 4.52 Å². The van der Waals surface area contributed by atoms with Gasteiger partial charge in [0.15, 0.2) is 5.82 Å². The van der Waals surface area contributed by atoms with E-state index in [-0.39, 0.29) is 4.75 Å². The second-order valence-electron chi connectivity index (χ2n) is 5.15. The Kier molecular flexibility index (Phi) is 4.20. The van der Waals surface area contributed by atoms with E-state index in [1.54, 1.807) is 11.8 Å². The molecule has 0 saturated carbocycles. The number of hydrogen-bond donors (Lipinski definition) is 1. The zero-order valence-electron chi connectivity index (χ0n) is 11.1. The van der Waals surface area contributed by atoms with Crippen molar-refractivity contribution in [2.45, 2.75) is 31.3 Å². The zero-order chi connectivity index (χ0) is 14.0. The molecular formula is C13H16BrN3OS. The highest BCUT2D eigenvalue weighted by Gasteiger charge is 2.15. The van der Waals surface area contributed by atoms with Crippen LogP contribution >= 0.6 is 27.7 Å². The van der Waals surface area contributed by atoms with Gasteiger partial charge < -0.3 is 10.3 Å². The van der Waals surface area contributed by atoms with Crippen LogP contribution in [0.2, 0.25) is 0 Å². The molecule has 0 aliphatic heterocycles. The van der Waals surface area contributed by atoms with Crippen LogP contribution in [0.15, 0.2) is 27.2 Å². The molecule has 2 rings (SSSR count). The van der Waals surface area contributed by atoms with Crippen LogP contribution < -0.4 is 5.73 Å². The molecule has 0 fully saturated rings. The van der Waals surface area contributed by atoms with E-state index in [1.807, 2.05) is 18.2 Å². The Hall–Kier alpha value is -1.01.